The number of aromatic nitrogens is 2. The van der Waals surface area contributed by atoms with Crippen LogP contribution in [0.15, 0.2) is 0 Å². The second-order valence-corrected chi connectivity index (χ2v) is 3.70. The Kier molecular flexibility index (Phi) is 3.44. The van der Waals surface area contributed by atoms with Gasteiger partial charge in [-0.05, 0) is 17.6 Å². The van der Waals surface area contributed by atoms with Gasteiger partial charge in [-0.3, -0.25) is 0 Å². The molecule has 0 aliphatic heterocycles. The van der Waals surface area contributed by atoms with Crippen LogP contribution in [0.1, 0.15) is 0 Å². The maximum Gasteiger partial charge on any atom is 0.295 e. The number of hydrogen-bond donors (Lipinski definition) is 1. The topological polar surface area (TPSA) is 61.0 Å². The molecule has 0 spiro atoms. The monoisotopic (exact) mass is 191 g/mol. The third kappa shape index (κ3) is 2.94. The average molecular weight is 191 g/mol. The van der Waals surface area contributed by atoms with Gasteiger partial charge in [0.2, 0.25) is 5.13 Å². The van der Waals surface area contributed by atoms with Crippen LogP contribution in [0.4, 0.5) is 5.13 Å². The Morgan fingerprint density at radius 3 is 3.00 bits per heavy atom. The molecule has 0 saturated carbocycles. The van der Waals surface area contributed by atoms with Crippen molar-refractivity contribution in [3.8, 4) is 5.19 Å². The summed E-state index contributed by atoms with van der Waals surface area (Å²) in [6, 6.07) is 0. The number of nitrogens with two attached hydrogens (primary N) is 1. The van der Waals surface area contributed by atoms with Gasteiger partial charge in [0.05, 0.1) is 6.61 Å². The summed E-state index contributed by atoms with van der Waals surface area (Å²) in [7, 11) is 0. The zero-order valence-corrected chi connectivity index (χ0v) is 7.74. The van der Waals surface area contributed by atoms with Gasteiger partial charge in [-0.25, -0.2) is 0 Å². The molecule has 6 heteroatoms. The molecule has 0 fully saturated rings. The van der Waals surface area contributed by atoms with E-state index in [4.69, 9.17) is 10.5 Å². The molecule has 0 aromatic carbocycles. The summed E-state index contributed by atoms with van der Waals surface area (Å²) in [5.41, 5.74) is 5.34. The molecular weight excluding hydrogens is 182 g/mol. The van der Waals surface area contributed by atoms with Crippen LogP contribution in [0, 0.1) is 0 Å². The zero-order chi connectivity index (χ0) is 8.10. The number of hydrogen-bond acceptors (Lipinski definition) is 6. The number of anilines is 1. The standard InChI is InChI=1S/C5H9N3OS2/c1-10-3-2-9-5-8-7-4(6)11-5/h2-3H2,1H3,(H2,6,7). The van der Waals surface area contributed by atoms with E-state index in [9.17, 15) is 0 Å². The number of nitrogen functional groups attached to an aromatic ring is 1. The molecule has 0 aliphatic rings. The number of thioether (sulfide) groups is 1. The van der Waals surface area contributed by atoms with Crippen LogP contribution < -0.4 is 10.5 Å². The summed E-state index contributed by atoms with van der Waals surface area (Å²) in [6.07, 6.45) is 2.03. The third-order valence-electron chi connectivity index (χ3n) is 0.935. The van der Waals surface area contributed by atoms with E-state index in [-0.39, 0.29) is 0 Å². The van der Waals surface area contributed by atoms with Crippen molar-refractivity contribution < 1.29 is 4.74 Å². The Bertz CT molecular complexity index is 215. The maximum absolute atomic E-state index is 5.34. The van der Waals surface area contributed by atoms with Crippen LogP contribution >= 0.6 is 23.1 Å². The zero-order valence-electron chi connectivity index (χ0n) is 6.11. The molecule has 0 bridgehead atoms. The summed E-state index contributed by atoms with van der Waals surface area (Å²) in [4.78, 5) is 0. The van der Waals surface area contributed by atoms with Crippen molar-refractivity contribution >= 4 is 28.2 Å². The minimum absolute atomic E-state index is 0.448. The summed E-state index contributed by atoms with van der Waals surface area (Å²) >= 11 is 2.99. The second-order valence-electron chi connectivity index (χ2n) is 1.75. The van der Waals surface area contributed by atoms with Gasteiger partial charge in [0.15, 0.2) is 0 Å². The molecule has 1 rings (SSSR count). The van der Waals surface area contributed by atoms with E-state index in [2.05, 4.69) is 10.2 Å². The van der Waals surface area contributed by atoms with Crippen LogP contribution in [0.25, 0.3) is 0 Å². The van der Waals surface area contributed by atoms with Gasteiger partial charge in [-0.2, -0.15) is 11.8 Å². The summed E-state index contributed by atoms with van der Waals surface area (Å²) in [5.74, 6) is 0.958. The predicted molar refractivity (Wildman–Crippen MR) is 48.2 cm³/mol. The van der Waals surface area contributed by atoms with Crippen molar-refractivity contribution in [3.05, 3.63) is 0 Å². The first kappa shape index (κ1) is 8.61. The Morgan fingerprint density at radius 1 is 1.64 bits per heavy atom. The first-order chi connectivity index (χ1) is 5.33. The molecule has 4 nitrogen and oxygen atoms in total. The molecule has 1 heterocycles. The van der Waals surface area contributed by atoms with Crippen molar-refractivity contribution in [1.82, 2.24) is 10.2 Å². The molecule has 1 aromatic heterocycles. The fraction of sp³-hybridized carbons (Fsp3) is 0.600. The average Bonchev–Trinajstić information content (AvgIpc) is 2.37. The Morgan fingerprint density at radius 2 is 2.45 bits per heavy atom. The molecular formula is C5H9N3OS2. The lowest BCUT2D eigenvalue weighted by atomic mass is 10.9. The molecule has 62 valence electrons. The summed E-state index contributed by atoms with van der Waals surface area (Å²) < 4.78 is 5.21. The van der Waals surface area contributed by atoms with Crippen molar-refractivity contribution in [2.45, 2.75) is 0 Å². The van der Waals surface area contributed by atoms with Gasteiger partial charge in [0, 0.05) is 5.75 Å². The van der Waals surface area contributed by atoms with Crippen molar-refractivity contribution in [1.29, 1.82) is 0 Å². The van der Waals surface area contributed by atoms with Gasteiger partial charge in [-0.15, -0.1) is 5.10 Å². The van der Waals surface area contributed by atoms with E-state index in [1.54, 1.807) is 11.8 Å². The minimum Gasteiger partial charge on any atom is -0.468 e. The van der Waals surface area contributed by atoms with E-state index >= 15 is 0 Å². The first-order valence-electron chi connectivity index (χ1n) is 3.03. The highest BCUT2D eigenvalue weighted by Gasteiger charge is 1.99. The van der Waals surface area contributed by atoms with Crippen LogP contribution in [-0.2, 0) is 0 Å². The lowest BCUT2D eigenvalue weighted by molar-refractivity contribution is 0.339. The summed E-state index contributed by atoms with van der Waals surface area (Å²) in [6.45, 7) is 0.663. The number of ether oxygens (including phenoxy) is 1. The molecule has 1 aromatic rings. The molecule has 0 amide bonds. The van der Waals surface area contributed by atoms with Crippen molar-refractivity contribution in [2.24, 2.45) is 0 Å². The maximum atomic E-state index is 5.34. The van der Waals surface area contributed by atoms with Crippen LogP contribution in [0.2, 0.25) is 0 Å². The van der Waals surface area contributed by atoms with E-state index in [0.717, 1.165) is 5.75 Å². The van der Waals surface area contributed by atoms with E-state index in [1.165, 1.54) is 11.3 Å². The van der Waals surface area contributed by atoms with Crippen molar-refractivity contribution in [3.63, 3.8) is 0 Å². The lowest BCUT2D eigenvalue weighted by Crippen LogP contribution is -1.98. The van der Waals surface area contributed by atoms with Gasteiger partial charge < -0.3 is 10.5 Å². The normalized spacial score (nSPS) is 9.91. The van der Waals surface area contributed by atoms with E-state index in [0.29, 0.717) is 16.9 Å². The summed E-state index contributed by atoms with van der Waals surface area (Å²) in [5, 5.41) is 8.31. The highest BCUT2D eigenvalue weighted by Crippen LogP contribution is 2.18. The largest absolute Gasteiger partial charge is 0.468 e. The minimum atomic E-state index is 0.448. The van der Waals surface area contributed by atoms with Crippen LogP contribution in [-0.4, -0.2) is 28.8 Å². The molecule has 11 heavy (non-hydrogen) atoms. The Balaban J connectivity index is 2.27. The van der Waals surface area contributed by atoms with E-state index < -0.39 is 0 Å². The van der Waals surface area contributed by atoms with Crippen LogP contribution in [0.5, 0.6) is 5.19 Å². The first-order valence-corrected chi connectivity index (χ1v) is 5.24. The Labute approximate surface area is 73.2 Å². The molecule has 2 N–H and O–H groups in total. The highest BCUT2D eigenvalue weighted by molar-refractivity contribution is 7.98. The molecule has 0 atom stereocenters. The van der Waals surface area contributed by atoms with Gasteiger partial charge in [0.25, 0.3) is 5.19 Å². The van der Waals surface area contributed by atoms with Gasteiger partial charge >= 0.3 is 0 Å². The van der Waals surface area contributed by atoms with Crippen LogP contribution in [0.3, 0.4) is 0 Å². The van der Waals surface area contributed by atoms with E-state index in [1.807, 2.05) is 6.26 Å². The molecule has 0 aliphatic carbocycles. The highest BCUT2D eigenvalue weighted by atomic mass is 32.2. The molecule has 0 radical (unpaired) electrons. The van der Waals surface area contributed by atoms with Crippen molar-refractivity contribution in [2.75, 3.05) is 24.3 Å². The predicted octanol–water partition coefficient (Wildman–Crippen LogP) is 0.862. The quantitative estimate of drug-likeness (QED) is 0.715. The lowest BCUT2D eigenvalue weighted by Gasteiger charge is -1.96. The van der Waals surface area contributed by atoms with Gasteiger partial charge in [-0.1, -0.05) is 5.10 Å². The fourth-order valence-corrected chi connectivity index (χ4v) is 1.23. The second kappa shape index (κ2) is 4.40. The molecule has 0 unspecified atom stereocenters. The smallest absolute Gasteiger partial charge is 0.295 e. The van der Waals surface area contributed by atoms with Gasteiger partial charge in [0.1, 0.15) is 0 Å². The number of rotatable bonds is 4. The SMILES string of the molecule is CSCCOc1nnc(N)s1. The third-order valence-corrected chi connectivity index (χ3v) is 2.17. The fourth-order valence-electron chi connectivity index (χ4n) is 0.491. The molecule has 0 saturated heterocycles. The number of nitrogens with zero attached hydrogens (tertiary/aromatic N) is 2. The Hall–Kier alpha value is -0.490.